The maximum atomic E-state index is 13.0. The van der Waals surface area contributed by atoms with Gasteiger partial charge in [-0.2, -0.15) is 0 Å². The molecule has 1 fully saturated rings. The number of fused-ring (bicyclic) bond motifs is 1. The quantitative estimate of drug-likeness (QED) is 0.395. The molecule has 0 unspecified atom stereocenters. The van der Waals surface area contributed by atoms with E-state index in [2.05, 4.69) is 5.18 Å². The summed E-state index contributed by atoms with van der Waals surface area (Å²) in [6.07, 6.45) is -0.365. The van der Waals surface area contributed by atoms with Gasteiger partial charge in [-0.1, -0.05) is 18.2 Å². The van der Waals surface area contributed by atoms with Gasteiger partial charge in [0.15, 0.2) is 0 Å². The summed E-state index contributed by atoms with van der Waals surface area (Å²) in [6, 6.07) is 12.3. The van der Waals surface area contributed by atoms with Gasteiger partial charge in [0, 0.05) is 24.6 Å². The third kappa shape index (κ3) is 6.97. The van der Waals surface area contributed by atoms with Gasteiger partial charge in [0.2, 0.25) is 0 Å². The molecular formula is C30H37N3O7. The molecule has 0 N–H and O–H groups in total. The third-order valence-electron chi connectivity index (χ3n) is 6.78. The number of nitrogens with zero attached hydrogens (tertiary/aromatic N) is 3. The summed E-state index contributed by atoms with van der Waals surface area (Å²) in [5.41, 5.74) is 1.18. The molecule has 0 aromatic heterocycles. The van der Waals surface area contributed by atoms with Crippen molar-refractivity contribution in [3.05, 3.63) is 64.1 Å². The minimum atomic E-state index is -0.714. The SMILES string of the molecule is CC(C)(C)OC(=O)N1CC[C@@H](c2ccc(N=O)cc2)[C@H](COc2ccc3c(c2)C(=O)N(C(=O)OC(C)(C)C)C3)C1. The molecule has 10 nitrogen and oxygen atoms in total. The molecule has 40 heavy (non-hydrogen) atoms. The topological polar surface area (TPSA) is 115 Å². The van der Waals surface area contributed by atoms with Crippen molar-refractivity contribution in [2.45, 2.75) is 71.6 Å². The van der Waals surface area contributed by atoms with E-state index in [1.165, 1.54) is 0 Å². The van der Waals surface area contributed by atoms with Gasteiger partial charge in [0.05, 0.1) is 13.2 Å². The van der Waals surface area contributed by atoms with Crippen molar-refractivity contribution in [1.82, 2.24) is 9.80 Å². The molecule has 2 atom stereocenters. The van der Waals surface area contributed by atoms with Crippen LogP contribution in [-0.2, 0) is 16.0 Å². The molecule has 3 amide bonds. The Bertz CT molecular complexity index is 1280. The second kappa shape index (κ2) is 11.3. The Morgan fingerprint density at radius 2 is 1.60 bits per heavy atom. The Labute approximate surface area is 234 Å². The van der Waals surface area contributed by atoms with Gasteiger partial charge >= 0.3 is 12.2 Å². The Hall–Kier alpha value is -3.95. The van der Waals surface area contributed by atoms with Crippen molar-refractivity contribution in [3.63, 3.8) is 0 Å². The molecule has 214 valence electrons. The summed E-state index contributed by atoms with van der Waals surface area (Å²) in [5, 5.41) is 2.99. The van der Waals surface area contributed by atoms with E-state index >= 15 is 0 Å². The zero-order valence-electron chi connectivity index (χ0n) is 23.9. The normalized spacial score (nSPS) is 19.2. The standard InChI is InChI=1S/C30H37N3O7/c1-29(2,3)39-27(35)32-14-13-24(19-7-10-22(31-37)11-8-19)21(16-32)18-38-23-12-9-20-17-33(26(34)25(20)15-23)28(36)40-30(4,5)6/h7-12,15,21,24H,13-14,16-18H2,1-6H3/t21-,24-/m0/s1. The highest BCUT2D eigenvalue weighted by molar-refractivity contribution is 6.06. The van der Waals surface area contributed by atoms with Crippen molar-refractivity contribution in [2.75, 3.05) is 19.7 Å². The fourth-order valence-electron chi connectivity index (χ4n) is 4.95. The highest BCUT2D eigenvalue weighted by Gasteiger charge is 2.37. The van der Waals surface area contributed by atoms with Crippen LogP contribution in [0.3, 0.4) is 0 Å². The minimum absolute atomic E-state index is 0.0677. The molecule has 0 aliphatic carbocycles. The van der Waals surface area contributed by atoms with Gasteiger partial charge in [0.1, 0.15) is 22.6 Å². The monoisotopic (exact) mass is 551 g/mol. The number of nitroso groups, excluding NO2 is 1. The van der Waals surface area contributed by atoms with Crippen LogP contribution < -0.4 is 4.74 Å². The zero-order chi connectivity index (χ0) is 29.2. The van der Waals surface area contributed by atoms with Crippen LogP contribution in [0.5, 0.6) is 5.75 Å². The van der Waals surface area contributed by atoms with Crippen LogP contribution in [0, 0.1) is 10.8 Å². The second-order valence-electron chi connectivity index (χ2n) is 12.3. The maximum Gasteiger partial charge on any atom is 0.417 e. The number of hydrogen-bond acceptors (Lipinski definition) is 8. The molecule has 2 aromatic rings. The third-order valence-corrected chi connectivity index (χ3v) is 6.78. The molecule has 1 saturated heterocycles. The lowest BCUT2D eigenvalue weighted by atomic mass is 9.81. The summed E-state index contributed by atoms with van der Waals surface area (Å²) in [6.45, 7) is 12.1. The number of piperidine rings is 1. The molecule has 10 heteroatoms. The lowest BCUT2D eigenvalue weighted by molar-refractivity contribution is 0.0110. The number of benzene rings is 2. The molecule has 0 spiro atoms. The molecule has 0 bridgehead atoms. The molecule has 0 radical (unpaired) electrons. The smallest absolute Gasteiger partial charge is 0.417 e. The van der Waals surface area contributed by atoms with E-state index in [0.29, 0.717) is 36.5 Å². The number of hydrogen-bond donors (Lipinski definition) is 0. The van der Waals surface area contributed by atoms with Gasteiger partial charge in [0.25, 0.3) is 5.91 Å². The molecule has 2 aliphatic rings. The predicted octanol–water partition coefficient (Wildman–Crippen LogP) is 6.40. The van der Waals surface area contributed by atoms with E-state index in [1.54, 1.807) is 56.0 Å². The number of imide groups is 1. The highest BCUT2D eigenvalue weighted by Crippen LogP contribution is 2.36. The highest BCUT2D eigenvalue weighted by atomic mass is 16.6. The van der Waals surface area contributed by atoms with Crippen molar-refractivity contribution < 1.29 is 28.6 Å². The summed E-state index contributed by atoms with van der Waals surface area (Å²) in [7, 11) is 0. The number of carbonyl (C=O) groups is 3. The van der Waals surface area contributed by atoms with Gasteiger partial charge in [-0.15, -0.1) is 4.91 Å². The van der Waals surface area contributed by atoms with Crippen LogP contribution in [-0.4, -0.2) is 58.8 Å². The summed E-state index contributed by atoms with van der Waals surface area (Å²) >= 11 is 0. The number of likely N-dealkylation sites (tertiary alicyclic amines) is 1. The molecule has 2 aliphatic heterocycles. The Morgan fingerprint density at radius 3 is 2.23 bits per heavy atom. The number of amides is 3. The van der Waals surface area contributed by atoms with E-state index < -0.39 is 23.2 Å². The Balaban J connectivity index is 1.49. The first-order valence-corrected chi connectivity index (χ1v) is 13.5. The maximum absolute atomic E-state index is 13.0. The number of carbonyl (C=O) groups excluding carboxylic acids is 3. The number of ether oxygens (including phenoxy) is 3. The lowest BCUT2D eigenvalue weighted by Crippen LogP contribution is -2.46. The van der Waals surface area contributed by atoms with E-state index in [4.69, 9.17) is 14.2 Å². The molecule has 0 saturated carbocycles. The fraction of sp³-hybridized carbons (Fsp3) is 0.500. The van der Waals surface area contributed by atoms with Crippen LogP contribution in [0.2, 0.25) is 0 Å². The van der Waals surface area contributed by atoms with Gasteiger partial charge in [-0.05, 0) is 94.5 Å². The van der Waals surface area contributed by atoms with Crippen molar-refractivity contribution in [1.29, 1.82) is 0 Å². The summed E-state index contributed by atoms with van der Waals surface area (Å²) in [4.78, 5) is 52.0. The van der Waals surface area contributed by atoms with Crippen LogP contribution in [0.4, 0.5) is 15.3 Å². The Morgan fingerprint density at radius 1 is 0.950 bits per heavy atom. The molecular weight excluding hydrogens is 514 g/mol. The minimum Gasteiger partial charge on any atom is -0.493 e. The van der Waals surface area contributed by atoms with Gasteiger partial charge in [-0.25, -0.2) is 14.5 Å². The van der Waals surface area contributed by atoms with Crippen LogP contribution in [0.1, 0.15) is 75.4 Å². The van der Waals surface area contributed by atoms with E-state index in [9.17, 15) is 19.3 Å². The van der Waals surface area contributed by atoms with Crippen LogP contribution in [0.15, 0.2) is 47.6 Å². The van der Waals surface area contributed by atoms with Crippen molar-refractivity contribution >= 4 is 23.8 Å². The fourth-order valence-corrected chi connectivity index (χ4v) is 4.95. The first-order valence-electron chi connectivity index (χ1n) is 13.5. The molecule has 4 rings (SSSR count). The number of rotatable bonds is 5. The average molecular weight is 552 g/mol. The van der Waals surface area contributed by atoms with Gasteiger partial charge < -0.3 is 19.1 Å². The molecule has 2 heterocycles. The van der Waals surface area contributed by atoms with E-state index in [-0.39, 0.29) is 31.1 Å². The summed E-state index contributed by atoms with van der Waals surface area (Å²) in [5.74, 6) is 0.0497. The Kier molecular flexibility index (Phi) is 8.18. The van der Waals surface area contributed by atoms with Crippen LogP contribution >= 0.6 is 0 Å². The zero-order valence-corrected chi connectivity index (χ0v) is 23.9. The first kappa shape index (κ1) is 29.0. The average Bonchev–Trinajstić information content (AvgIpc) is 3.21. The van der Waals surface area contributed by atoms with Crippen molar-refractivity contribution in [3.8, 4) is 5.75 Å². The van der Waals surface area contributed by atoms with E-state index in [0.717, 1.165) is 16.0 Å². The second-order valence-corrected chi connectivity index (χ2v) is 12.3. The predicted molar refractivity (Wildman–Crippen MR) is 149 cm³/mol. The van der Waals surface area contributed by atoms with Crippen LogP contribution in [0.25, 0.3) is 0 Å². The summed E-state index contributed by atoms with van der Waals surface area (Å²) < 4.78 is 17.2. The largest absolute Gasteiger partial charge is 0.493 e. The van der Waals surface area contributed by atoms with Crippen molar-refractivity contribution in [2.24, 2.45) is 11.1 Å². The first-order chi connectivity index (χ1) is 18.7. The van der Waals surface area contributed by atoms with Gasteiger partial charge in [-0.3, -0.25) is 4.79 Å². The van der Waals surface area contributed by atoms with E-state index in [1.807, 2.05) is 32.9 Å². The lowest BCUT2D eigenvalue weighted by Gasteiger charge is -2.39. The molecule has 2 aromatic carbocycles.